The predicted octanol–water partition coefficient (Wildman–Crippen LogP) is 0.184. The third-order valence-corrected chi connectivity index (χ3v) is 1.18. The molecule has 0 atom stereocenters. The number of nitrogens with two attached hydrogens (primary N) is 1. The van der Waals surface area contributed by atoms with Crippen molar-refractivity contribution in [2.75, 3.05) is 0 Å². The average molecular weight is 138 g/mol. The van der Waals surface area contributed by atoms with Gasteiger partial charge in [-0.25, -0.2) is 4.99 Å². The molecule has 0 amide bonds. The number of hydrazone groups is 1. The third-order valence-electron chi connectivity index (χ3n) is 1.18. The number of nitrogens with zero attached hydrogens (tertiary/aromatic N) is 2. The largest absolute Gasteiger partial charge is 0.343 e. The van der Waals surface area contributed by atoms with Crippen LogP contribution < -0.4 is 11.2 Å². The minimum Gasteiger partial charge on any atom is -0.343 e. The van der Waals surface area contributed by atoms with Gasteiger partial charge in [0.05, 0.1) is 12.0 Å². The van der Waals surface area contributed by atoms with Crippen molar-refractivity contribution in [3.8, 4) is 0 Å². The quantitative estimate of drug-likeness (QED) is 0.401. The summed E-state index contributed by atoms with van der Waals surface area (Å²) < 4.78 is 0. The molecule has 10 heavy (non-hydrogen) atoms. The van der Waals surface area contributed by atoms with Gasteiger partial charge in [-0.15, -0.1) is 0 Å². The van der Waals surface area contributed by atoms with Gasteiger partial charge < -0.3 is 11.2 Å². The maximum Gasteiger partial charge on any atom is 0.196 e. The van der Waals surface area contributed by atoms with Crippen molar-refractivity contribution in [3.05, 3.63) is 11.8 Å². The topological polar surface area (TPSA) is 62.8 Å². The van der Waals surface area contributed by atoms with Gasteiger partial charge in [-0.3, -0.25) is 0 Å². The molecule has 0 aromatic carbocycles. The first kappa shape index (κ1) is 6.80. The lowest BCUT2D eigenvalue weighted by atomic mass is 10.3. The minimum absolute atomic E-state index is 0.571. The fourth-order valence-electron chi connectivity index (χ4n) is 0.754. The molecule has 0 aromatic heterocycles. The summed E-state index contributed by atoms with van der Waals surface area (Å²) in [6, 6.07) is 0. The van der Waals surface area contributed by atoms with E-state index in [1.807, 2.05) is 13.0 Å². The van der Waals surface area contributed by atoms with Crippen LogP contribution in [0.15, 0.2) is 21.9 Å². The fourth-order valence-corrected chi connectivity index (χ4v) is 0.754. The van der Waals surface area contributed by atoms with Crippen molar-refractivity contribution in [1.82, 2.24) is 5.32 Å². The summed E-state index contributed by atoms with van der Waals surface area (Å²) in [5.74, 6) is 5.62. The average Bonchev–Trinajstić information content (AvgIpc) is 2.36. The summed E-state index contributed by atoms with van der Waals surface area (Å²) in [6.45, 7) is 2.04. The van der Waals surface area contributed by atoms with E-state index in [0.717, 1.165) is 12.1 Å². The van der Waals surface area contributed by atoms with Gasteiger partial charge in [0.25, 0.3) is 0 Å². The lowest BCUT2D eigenvalue weighted by molar-refractivity contribution is 1.14. The molecule has 1 aliphatic rings. The summed E-state index contributed by atoms with van der Waals surface area (Å²) >= 11 is 0. The maximum absolute atomic E-state index is 5.05. The molecule has 1 heterocycles. The van der Waals surface area contributed by atoms with Crippen molar-refractivity contribution >= 4 is 12.2 Å². The van der Waals surface area contributed by atoms with Gasteiger partial charge in [-0.2, -0.15) is 5.10 Å². The molecule has 54 valence electrons. The number of aliphatic imine (C=N–C) groups is 1. The molecule has 0 saturated carbocycles. The third kappa shape index (κ3) is 1.15. The highest BCUT2D eigenvalue weighted by molar-refractivity contribution is 6.07. The Morgan fingerprint density at radius 3 is 3.30 bits per heavy atom. The fraction of sp³-hybridized carbons (Fsp3) is 0.333. The first-order valence-corrected chi connectivity index (χ1v) is 3.16. The van der Waals surface area contributed by atoms with E-state index in [4.69, 9.17) is 5.84 Å². The molecule has 4 heteroatoms. The highest BCUT2D eigenvalue weighted by Gasteiger charge is 2.07. The van der Waals surface area contributed by atoms with E-state index in [1.165, 1.54) is 0 Å². The SMILES string of the molecule is CC/C=C1/NC=N/C1=N/N. The first-order chi connectivity index (χ1) is 4.88. The Labute approximate surface area is 59.5 Å². The molecule has 1 rings (SSSR count). The highest BCUT2D eigenvalue weighted by Crippen LogP contribution is 2.00. The first-order valence-electron chi connectivity index (χ1n) is 3.16. The molecular formula is C6H10N4. The van der Waals surface area contributed by atoms with Gasteiger partial charge in [0.2, 0.25) is 0 Å². The summed E-state index contributed by atoms with van der Waals surface area (Å²) in [5, 5.41) is 6.39. The predicted molar refractivity (Wildman–Crippen MR) is 41.6 cm³/mol. The van der Waals surface area contributed by atoms with Gasteiger partial charge in [-0.1, -0.05) is 13.0 Å². The second-order valence-corrected chi connectivity index (χ2v) is 1.88. The molecule has 0 aromatic rings. The van der Waals surface area contributed by atoms with Gasteiger partial charge in [-0.05, 0) is 6.42 Å². The Balaban J connectivity index is 2.75. The van der Waals surface area contributed by atoms with E-state index in [1.54, 1.807) is 6.34 Å². The molecule has 4 nitrogen and oxygen atoms in total. The van der Waals surface area contributed by atoms with Crippen LogP contribution in [0.2, 0.25) is 0 Å². The lowest BCUT2D eigenvalue weighted by Gasteiger charge is -1.94. The Kier molecular flexibility index (Phi) is 2.04. The molecule has 0 bridgehead atoms. The van der Waals surface area contributed by atoms with Gasteiger partial charge >= 0.3 is 0 Å². The summed E-state index contributed by atoms with van der Waals surface area (Å²) in [6.07, 6.45) is 4.51. The molecule has 0 radical (unpaired) electrons. The standard InChI is InChI=1S/C6H10N4/c1-2-3-5-6(10-7)9-4-8-5/h3-4H,2,7H2,1H3,(H,8,9,10)/b5-3+. The van der Waals surface area contributed by atoms with Crippen molar-refractivity contribution in [1.29, 1.82) is 0 Å². The normalized spacial score (nSPS) is 24.1. The molecule has 0 fully saturated rings. The van der Waals surface area contributed by atoms with E-state index in [0.29, 0.717) is 5.84 Å². The Morgan fingerprint density at radius 2 is 2.70 bits per heavy atom. The zero-order valence-corrected chi connectivity index (χ0v) is 5.83. The second kappa shape index (κ2) is 3.00. The molecule has 0 spiro atoms. The van der Waals surface area contributed by atoms with Crippen molar-refractivity contribution < 1.29 is 0 Å². The monoisotopic (exact) mass is 138 g/mol. The van der Waals surface area contributed by atoms with E-state index in [9.17, 15) is 0 Å². The highest BCUT2D eigenvalue weighted by atomic mass is 15.2. The Bertz CT molecular complexity index is 202. The van der Waals surface area contributed by atoms with Crippen LogP contribution in [0.1, 0.15) is 13.3 Å². The molecule has 1 aliphatic heterocycles. The Morgan fingerprint density at radius 1 is 1.90 bits per heavy atom. The van der Waals surface area contributed by atoms with Crippen LogP contribution in [-0.2, 0) is 0 Å². The van der Waals surface area contributed by atoms with Crippen LogP contribution in [0.25, 0.3) is 0 Å². The molecular weight excluding hydrogens is 128 g/mol. The summed E-state index contributed by atoms with van der Waals surface area (Å²) in [4.78, 5) is 3.87. The van der Waals surface area contributed by atoms with E-state index < -0.39 is 0 Å². The molecule has 0 aliphatic carbocycles. The minimum atomic E-state index is 0.571. The van der Waals surface area contributed by atoms with E-state index in [2.05, 4.69) is 15.4 Å². The van der Waals surface area contributed by atoms with Crippen LogP contribution in [-0.4, -0.2) is 12.2 Å². The number of hydrogen-bond donors (Lipinski definition) is 2. The summed E-state index contributed by atoms with van der Waals surface area (Å²) in [7, 11) is 0. The number of hydrogen-bond acceptors (Lipinski definition) is 3. The molecule has 0 saturated heterocycles. The van der Waals surface area contributed by atoms with Crippen LogP contribution in [0.5, 0.6) is 0 Å². The molecule has 3 N–H and O–H groups in total. The zero-order valence-electron chi connectivity index (χ0n) is 5.83. The Hall–Kier alpha value is -1.32. The van der Waals surface area contributed by atoms with Crippen LogP contribution in [0.3, 0.4) is 0 Å². The second-order valence-electron chi connectivity index (χ2n) is 1.88. The van der Waals surface area contributed by atoms with Gasteiger partial charge in [0.15, 0.2) is 5.84 Å². The lowest BCUT2D eigenvalue weighted by Crippen LogP contribution is -2.09. The van der Waals surface area contributed by atoms with Crippen molar-refractivity contribution in [2.24, 2.45) is 15.9 Å². The van der Waals surface area contributed by atoms with Gasteiger partial charge in [0.1, 0.15) is 0 Å². The number of nitrogens with one attached hydrogen (secondary N) is 1. The van der Waals surface area contributed by atoms with Crippen molar-refractivity contribution in [3.63, 3.8) is 0 Å². The van der Waals surface area contributed by atoms with E-state index >= 15 is 0 Å². The van der Waals surface area contributed by atoms with Crippen LogP contribution in [0.4, 0.5) is 0 Å². The van der Waals surface area contributed by atoms with E-state index in [-0.39, 0.29) is 0 Å². The number of rotatable bonds is 1. The van der Waals surface area contributed by atoms with Gasteiger partial charge in [0, 0.05) is 0 Å². The zero-order chi connectivity index (χ0) is 7.40. The number of allylic oxidation sites excluding steroid dienone is 1. The smallest absolute Gasteiger partial charge is 0.196 e. The number of amidine groups is 1. The van der Waals surface area contributed by atoms with Crippen LogP contribution in [0, 0.1) is 0 Å². The molecule has 0 unspecified atom stereocenters. The van der Waals surface area contributed by atoms with Crippen LogP contribution >= 0.6 is 0 Å². The van der Waals surface area contributed by atoms with Crippen molar-refractivity contribution in [2.45, 2.75) is 13.3 Å². The maximum atomic E-state index is 5.05. The summed E-state index contributed by atoms with van der Waals surface area (Å²) in [5.41, 5.74) is 0.894.